The summed E-state index contributed by atoms with van der Waals surface area (Å²) in [6, 6.07) is 5.85. The van der Waals surface area contributed by atoms with Gasteiger partial charge in [-0.2, -0.15) is 5.10 Å². The largest absolute Gasteiger partial charge is 0.437 e. The number of aromatic nitrogens is 2. The molecule has 0 bridgehead atoms. The van der Waals surface area contributed by atoms with Crippen LogP contribution >= 0.6 is 15.9 Å². The predicted octanol–water partition coefficient (Wildman–Crippen LogP) is 4.05. The lowest BCUT2D eigenvalue weighted by molar-refractivity contribution is 0.410. The van der Waals surface area contributed by atoms with Crippen molar-refractivity contribution in [1.29, 1.82) is 0 Å². The van der Waals surface area contributed by atoms with E-state index in [1.54, 1.807) is 0 Å². The molecule has 0 saturated carbocycles. The lowest BCUT2D eigenvalue weighted by atomic mass is 10.2. The predicted molar refractivity (Wildman–Crippen MR) is 80.6 cm³/mol. The molecule has 2 aromatic rings. The van der Waals surface area contributed by atoms with Crippen molar-refractivity contribution in [3.05, 3.63) is 33.9 Å². The first kappa shape index (κ1) is 13.9. The second-order valence-electron chi connectivity index (χ2n) is 4.54. The molecule has 0 fully saturated rings. The van der Waals surface area contributed by atoms with E-state index in [0.717, 1.165) is 34.4 Å². The lowest BCUT2D eigenvalue weighted by Crippen LogP contribution is -2.02. The number of nitrogens with two attached hydrogens (primary N) is 1. The van der Waals surface area contributed by atoms with E-state index in [4.69, 9.17) is 10.5 Å². The Kier molecular flexibility index (Phi) is 4.14. The van der Waals surface area contributed by atoms with E-state index >= 15 is 0 Å². The Bertz CT molecular complexity index is 593. The van der Waals surface area contributed by atoms with Crippen LogP contribution in [0.4, 0.5) is 5.69 Å². The molecule has 0 atom stereocenters. The third-order valence-electron chi connectivity index (χ3n) is 2.90. The van der Waals surface area contributed by atoms with Crippen molar-refractivity contribution in [2.45, 2.75) is 33.7 Å². The van der Waals surface area contributed by atoms with Gasteiger partial charge in [-0.25, -0.2) is 4.68 Å². The summed E-state index contributed by atoms with van der Waals surface area (Å²) in [6.07, 6.45) is 0.982. The molecule has 1 aromatic carbocycles. The van der Waals surface area contributed by atoms with Gasteiger partial charge < -0.3 is 10.5 Å². The van der Waals surface area contributed by atoms with E-state index in [2.05, 4.69) is 28.0 Å². The maximum Gasteiger partial charge on any atom is 0.241 e. The Morgan fingerprint density at radius 3 is 2.74 bits per heavy atom. The molecule has 0 saturated heterocycles. The van der Waals surface area contributed by atoms with Crippen molar-refractivity contribution in [2.75, 3.05) is 5.73 Å². The van der Waals surface area contributed by atoms with Crippen molar-refractivity contribution in [3.63, 3.8) is 0 Å². The van der Waals surface area contributed by atoms with Crippen molar-refractivity contribution in [2.24, 2.45) is 0 Å². The van der Waals surface area contributed by atoms with Gasteiger partial charge in [0, 0.05) is 11.0 Å². The molecule has 102 valence electrons. The molecule has 2 rings (SSSR count). The Hall–Kier alpha value is -1.49. The fraction of sp³-hybridized carbons (Fsp3) is 0.357. The summed E-state index contributed by atoms with van der Waals surface area (Å²) in [5, 5.41) is 4.39. The molecule has 1 heterocycles. The monoisotopic (exact) mass is 323 g/mol. The van der Waals surface area contributed by atoms with Gasteiger partial charge in [0.05, 0.1) is 5.69 Å². The highest BCUT2D eigenvalue weighted by Gasteiger charge is 2.14. The molecule has 19 heavy (non-hydrogen) atoms. The third kappa shape index (κ3) is 2.92. The van der Waals surface area contributed by atoms with Crippen LogP contribution < -0.4 is 10.5 Å². The Labute approximate surface area is 121 Å². The van der Waals surface area contributed by atoms with Crippen LogP contribution in [0.2, 0.25) is 0 Å². The number of halogens is 1. The lowest BCUT2D eigenvalue weighted by Gasteiger charge is -2.10. The average molecular weight is 324 g/mol. The van der Waals surface area contributed by atoms with Gasteiger partial charge in [0.2, 0.25) is 5.88 Å². The minimum absolute atomic E-state index is 0.606. The normalized spacial score (nSPS) is 10.7. The number of aryl methyl sites for hydroxylation is 3. The van der Waals surface area contributed by atoms with Gasteiger partial charge in [-0.05, 0) is 44.0 Å². The number of hydrogen-bond donors (Lipinski definition) is 1. The topological polar surface area (TPSA) is 53.1 Å². The smallest absolute Gasteiger partial charge is 0.241 e. The first-order chi connectivity index (χ1) is 9.02. The maximum atomic E-state index is 6.03. The zero-order valence-electron chi connectivity index (χ0n) is 11.4. The first-order valence-corrected chi connectivity index (χ1v) is 7.09. The van der Waals surface area contributed by atoms with Crippen molar-refractivity contribution in [3.8, 4) is 11.6 Å². The van der Waals surface area contributed by atoms with Gasteiger partial charge in [-0.1, -0.05) is 22.9 Å². The van der Waals surface area contributed by atoms with Gasteiger partial charge in [0.25, 0.3) is 0 Å². The molecule has 0 amide bonds. The number of ether oxygens (including phenoxy) is 1. The summed E-state index contributed by atoms with van der Waals surface area (Å²) in [5.41, 5.74) is 8.56. The van der Waals surface area contributed by atoms with Gasteiger partial charge in [0.15, 0.2) is 0 Å². The fourth-order valence-corrected chi connectivity index (χ4v) is 2.08. The quantitative estimate of drug-likeness (QED) is 0.923. The van der Waals surface area contributed by atoms with Crippen LogP contribution in [0, 0.1) is 13.8 Å². The third-order valence-corrected chi connectivity index (χ3v) is 3.79. The van der Waals surface area contributed by atoms with E-state index in [1.165, 1.54) is 0 Å². The van der Waals surface area contributed by atoms with E-state index < -0.39 is 0 Å². The summed E-state index contributed by atoms with van der Waals surface area (Å²) in [7, 11) is 0. The summed E-state index contributed by atoms with van der Waals surface area (Å²) < 4.78 is 8.79. The fourth-order valence-electron chi connectivity index (χ4n) is 1.84. The highest BCUT2D eigenvalue weighted by molar-refractivity contribution is 9.10. The molecule has 0 aliphatic rings. The highest BCUT2D eigenvalue weighted by Crippen LogP contribution is 2.31. The second-order valence-corrected chi connectivity index (χ2v) is 5.39. The number of anilines is 1. The number of rotatable bonds is 4. The minimum atomic E-state index is 0.606. The molecule has 0 unspecified atom stereocenters. The first-order valence-electron chi connectivity index (χ1n) is 6.29. The molecular weight excluding hydrogens is 306 g/mol. The maximum absolute atomic E-state index is 6.03. The molecule has 2 N–H and O–H groups in total. The van der Waals surface area contributed by atoms with Crippen LogP contribution in [0.5, 0.6) is 11.6 Å². The van der Waals surface area contributed by atoms with Crippen LogP contribution in [0.1, 0.15) is 24.6 Å². The van der Waals surface area contributed by atoms with Gasteiger partial charge in [-0.15, -0.1) is 0 Å². The molecule has 0 spiro atoms. The molecule has 1 aromatic heterocycles. The number of benzene rings is 1. The Morgan fingerprint density at radius 2 is 2.11 bits per heavy atom. The zero-order valence-corrected chi connectivity index (χ0v) is 13.0. The number of nitrogen functional groups attached to an aromatic ring is 1. The van der Waals surface area contributed by atoms with Crippen molar-refractivity contribution >= 4 is 21.6 Å². The zero-order chi connectivity index (χ0) is 14.0. The number of nitrogens with zero attached hydrogens (tertiary/aromatic N) is 2. The van der Waals surface area contributed by atoms with Gasteiger partial charge >= 0.3 is 0 Å². The molecule has 0 radical (unpaired) electrons. The van der Waals surface area contributed by atoms with E-state index in [9.17, 15) is 0 Å². The van der Waals surface area contributed by atoms with Gasteiger partial charge in [0.1, 0.15) is 11.4 Å². The van der Waals surface area contributed by atoms with Crippen LogP contribution in [0.25, 0.3) is 0 Å². The van der Waals surface area contributed by atoms with E-state index in [-0.39, 0.29) is 0 Å². The standard InChI is InChI=1S/C14H18BrN3O/c1-4-7-18-14(13(16)10(3)17-18)19-11-5-6-12(15)9(2)8-11/h5-6,8H,4,7,16H2,1-3H3. The molecular formula is C14H18BrN3O. The van der Waals surface area contributed by atoms with Crippen molar-refractivity contribution < 1.29 is 4.74 Å². The SMILES string of the molecule is CCCn1nc(C)c(N)c1Oc1ccc(Br)c(C)c1. The molecule has 0 aliphatic heterocycles. The van der Waals surface area contributed by atoms with E-state index in [0.29, 0.717) is 11.6 Å². The Balaban J connectivity index is 2.34. The van der Waals surface area contributed by atoms with Crippen LogP contribution in [0.15, 0.2) is 22.7 Å². The molecule has 4 nitrogen and oxygen atoms in total. The van der Waals surface area contributed by atoms with Gasteiger partial charge in [-0.3, -0.25) is 0 Å². The second kappa shape index (κ2) is 5.65. The highest BCUT2D eigenvalue weighted by atomic mass is 79.9. The summed E-state index contributed by atoms with van der Waals surface area (Å²) >= 11 is 3.47. The number of hydrogen-bond acceptors (Lipinski definition) is 3. The minimum Gasteiger partial charge on any atom is -0.437 e. The van der Waals surface area contributed by atoms with Crippen molar-refractivity contribution in [1.82, 2.24) is 9.78 Å². The van der Waals surface area contributed by atoms with Crippen LogP contribution in [-0.4, -0.2) is 9.78 Å². The average Bonchev–Trinajstić information content (AvgIpc) is 2.62. The molecule has 0 aliphatic carbocycles. The summed E-state index contributed by atoms with van der Waals surface area (Å²) in [4.78, 5) is 0. The van der Waals surface area contributed by atoms with Crippen LogP contribution in [-0.2, 0) is 6.54 Å². The van der Waals surface area contributed by atoms with E-state index in [1.807, 2.05) is 36.7 Å². The summed E-state index contributed by atoms with van der Waals surface area (Å²) in [6.45, 7) is 6.81. The summed E-state index contributed by atoms with van der Waals surface area (Å²) in [5.74, 6) is 1.39. The molecule has 5 heteroatoms. The van der Waals surface area contributed by atoms with Crippen LogP contribution in [0.3, 0.4) is 0 Å². The Morgan fingerprint density at radius 1 is 1.37 bits per heavy atom.